The Hall–Kier alpha value is -2.13. The van der Waals surface area contributed by atoms with Crippen molar-refractivity contribution in [2.24, 2.45) is 0 Å². The maximum Gasteiger partial charge on any atom is 0.123 e. The van der Waals surface area contributed by atoms with Gasteiger partial charge in [-0.1, -0.05) is 288 Å². The Labute approximate surface area is 385 Å². The van der Waals surface area contributed by atoms with Crippen molar-refractivity contribution >= 4 is 23.2 Å². The molecule has 0 radical (unpaired) electrons. The fraction of sp³-hybridized carbons (Fsp3) is 0.741. The average molecular weight is 859 g/mol. The SMILES string of the molecule is CCCCCCCCCCCCCCCCCCCCOc1cc(C=CC(=S)c2ccc(CCC)cc2)cc(OCCCCCCCCCCCCCCCCCCCC)c1. The highest BCUT2D eigenvalue weighted by atomic mass is 32.1. The molecular formula is C58H98O2S. The third kappa shape index (κ3) is 33.1. The zero-order valence-corrected chi connectivity index (χ0v) is 41.5. The van der Waals surface area contributed by atoms with Crippen molar-refractivity contribution < 1.29 is 9.47 Å². The van der Waals surface area contributed by atoms with E-state index in [1.165, 1.54) is 224 Å². The minimum Gasteiger partial charge on any atom is -0.493 e. The van der Waals surface area contributed by atoms with E-state index in [0.29, 0.717) is 0 Å². The van der Waals surface area contributed by atoms with Crippen LogP contribution in [-0.2, 0) is 6.42 Å². The Morgan fingerprint density at radius 2 is 0.705 bits per heavy atom. The van der Waals surface area contributed by atoms with E-state index in [0.717, 1.165) is 66.4 Å². The number of rotatable bonds is 45. The van der Waals surface area contributed by atoms with E-state index in [4.69, 9.17) is 21.7 Å². The molecule has 2 rings (SSSR count). The first-order valence-corrected chi connectivity index (χ1v) is 27.3. The molecule has 61 heavy (non-hydrogen) atoms. The van der Waals surface area contributed by atoms with Gasteiger partial charge in [0.25, 0.3) is 0 Å². The number of hydrogen-bond acceptors (Lipinski definition) is 3. The highest BCUT2D eigenvalue weighted by Crippen LogP contribution is 2.26. The second kappa shape index (κ2) is 41.9. The zero-order valence-electron chi connectivity index (χ0n) is 40.7. The van der Waals surface area contributed by atoms with Crippen LogP contribution in [0.25, 0.3) is 6.08 Å². The van der Waals surface area contributed by atoms with Crippen LogP contribution in [0.4, 0.5) is 0 Å². The van der Waals surface area contributed by atoms with Crippen molar-refractivity contribution in [2.45, 2.75) is 265 Å². The van der Waals surface area contributed by atoms with Gasteiger partial charge in [0.2, 0.25) is 0 Å². The standard InChI is InChI=1S/C58H98O2S/c1-4-7-9-11-13-15-17-19-21-23-25-27-29-31-33-35-37-39-48-59-56-50-54(44-47-58(61)55-45-42-53(41-6-3)43-46-55)51-57(52-56)60-49-40-38-36-34-32-30-28-26-24-22-20-18-16-14-12-10-8-5-2/h42-47,50-52H,4-41,48-49H2,1-3H3. The molecule has 0 saturated carbocycles. The summed E-state index contributed by atoms with van der Waals surface area (Å²) in [6.45, 7) is 8.34. The van der Waals surface area contributed by atoms with Gasteiger partial charge in [0.1, 0.15) is 11.5 Å². The van der Waals surface area contributed by atoms with Crippen LogP contribution >= 0.6 is 12.2 Å². The Balaban J connectivity index is 1.63. The van der Waals surface area contributed by atoms with E-state index in [1.807, 2.05) is 0 Å². The number of aryl methyl sites for hydroxylation is 1. The summed E-state index contributed by atoms with van der Waals surface area (Å²) in [4.78, 5) is 0.856. The topological polar surface area (TPSA) is 18.5 Å². The molecule has 0 aliphatic heterocycles. The minimum atomic E-state index is 0.757. The van der Waals surface area contributed by atoms with Crippen LogP contribution in [0.5, 0.6) is 11.5 Å². The van der Waals surface area contributed by atoms with E-state index < -0.39 is 0 Å². The monoisotopic (exact) mass is 859 g/mol. The van der Waals surface area contributed by atoms with Gasteiger partial charge in [-0.15, -0.1) is 0 Å². The van der Waals surface area contributed by atoms with Gasteiger partial charge in [0.05, 0.1) is 13.2 Å². The molecular weight excluding hydrogens is 761 g/mol. The Morgan fingerprint density at radius 1 is 0.393 bits per heavy atom. The molecule has 2 aromatic carbocycles. The minimum absolute atomic E-state index is 0.757. The van der Waals surface area contributed by atoms with Crippen LogP contribution in [0.2, 0.25) is 0 Å². The molecule has 2 aromatic rings. The number of ether oxygens (including phenoxy) is 2. The van der Waals surface area contributed by atoms with E-state index in [1.54, 1.807) is 0 Å². The van der Waals surface area contributed by atoms with Crippen molar-refractivity contribution in [1.82, 2.24) is 0 Å². The molecule has 0 saturated heterocycles. The van der Waals surface area contributed by atoms with Crippen LogP contribution < -0.4 is 9.47 Å². The van der Waals surface area contributed by atoms with Crippen molar-refractivity contribution in [3.63, 3.8) is 0 Å². The third-order valence-electron chi connectivity index (χ3n) is 12.6. The van der Waals surface area contributed by atoms with Gasteiger partial charge >= 0.3 is 0 Å². The normalized spacial score (nSPS) is 11.5. The second-order valence-electron chi connectivity index (χ2n) is 18.6. The summed E-state index contributed by atoms with van der Waals surface area (Å²) in [7, 11) is 0. The van der Waals surface area contributed by atoms with Gasteiger partial charge in [-0.25, -0.2) is 0 Å². The summed E-state index contributed by atoms with van der Waals surface area (Å²) in [5.74, 6) is 1.80. The second-order valence-corrected chi connectivity index (χ2v) is 19.0. The first kappa shape index (κ1) is 55.0. The number of allylic oxidation sites excluding steroid dienone is 1. The lowest BCUT2D eigenvalue weighted by Crippen LogP contribution is -2.01. The van der Waals surface area contributed by atoms with Gasteiger partial charge < -0.3 is 9.47 Å². The highest BCUT2D eigenvalue weighted by molar-refractivity contribution is 7.81. The molecule has 0 bridgehead atoms. The van der Waals surface area contributed by atoms with Gasteiger partial charge in [0.15, 0.2) is 0 Å². The Morgan fingerprint density at radius 3 is 1.02 bits per heavy atom. The van der Waals surface area contributed by atoms with Crippen molar-refractivity contribution in [1.29, 1.82) is 0 Å². The van der Waals surface area contributed by atoms with Crippen LogP contribution in [0.1, 0.15) is 275 Å². The summed E-state index contributed by atoms with van der Waals surface area (Å²) < 4.78 is 12.7. The van der Waals surface area contributed by atoms with Crippen LogP contribution in [0.15, 0.2) is 48.5 Å². The largest absolute Gasteiger partial charge is 0.493 e. The summed E-state index contributed by atoms with van der Waals surface area (Å²) >= 11 is 5.82. The lowest BCUT2D eigenvalue weighted by Gasteiger charge is -2.12. The fourth-order valence-corrected chi connectivity index (χ4v) is 8.84. The number of thiocarbonyl (C=S) groups is 1. The van der Waals surface area contributed by atoms with Crippen LogP contribution in [0, 0.1) is 0 Å². The molecule has 2 nitrogen and oxygen atoms in total. The van der Waals surface area contributed by atoms with Crippen LogP contribution in [0.3, 0.4) is 0 Å². The summed E-state index contributed by atoms with van der Waals surface area (Å²) in [6.07, 6.45) is 56.5. The predicted octanol–water partition coefficient (Wildman–Crippen LogP) is 19.9. The first-order valence-electron chi connectivity index (χ1n) is 26.9. The number of unbranched alkanes of at least 4 members (excludes halogenated alkanes) is 34. The van der Waals surface area contributed by atoms with Crippen molar-refractivity contribution in [2.75, 3.05) is 13.2 Å². The van der Waals surface area contributed by atoms with Gasteiger partial charge in [-0.05, 0) is 54.2 Å². The summed E-state index contributed by atoms with van der Waals surface area (Å²) in [5.41, 5.74) is 3.54. The Bertz CT molecular complexity index is 1220. The smallest absolute Gasteiger partial charge is 0.123 e. The maximum absolute atomic E-state index is 6.34. The molecule has 3 heteroatoms. The number of hydrogen-bond donors (Lipinski definition) is 0. The molecule has 0 aliphatic carbocycles. The van der Waals surface area contributed by atoms with Crippen molar-refractivity contribution in [3.8, 4) is 11.5 Å². The van der Waals surface area contributed by atoms with E-state index >= 15 is 0 Å². The van der Waals surface area contributed by atoms with Gasteiger partial charge in [-0.3, -0.25) is 0 Å². The lowest BCUT2D eigenvalue weighted by atomic mass is 10.0. The first-order chi connectivity index (χ1) is 30.2. The van der Waals surface area contributed by atoms with Crippen molar-refractivity contribution in [3.05, 3.63) is 65.2 Å². The maximum atomic E-state index is 6.34. The third-order valence-corrected chi connectivity index (χ3v) is 13.0. The Kier molecular flexibility index (Phi) is 37.7. The molecule has 0 unspecified atom stereocenters. The van der Waals surface area contributed by atoms with E-state index in [-0.39, 0.29) is 0 Å². The average Bonchev–Trinajstić information content (AvgIpc) is 3.27. The predicted molar refractivity (Wildman–Crippen MR) is 276 cm³/mol. The van der Waals surface area contributed by atoms with Gasteiger partial charge in [0, 0.05) is 10.9 Å². The fourth-order valence-electron chi connectivity index (χ4n) is 8.64. The molecule has 0 heterocycles. The molecule has 0 fully saturated rings. The van der Waals surface area contributed by atoms with Crippen LogP contribution in [-0.4, -0.2) is 18.1 Å². The summed E-state index contributed by atoms with van der Waals surface area (Å²) in [5, 5.41) is 0. The molecule has 0 amide bonds. The molecule has 0 N–H and O–H groups in total. The van der Waals surface area contributed by atoms with E-state index in [2.05, 4.69) is 75.4 Å². The van der Waals surface area contributed by atoms with Gasteiger partial charge in [-0.2, -0.15) is 0 Å². The molecule has 0 atom stereocenters. The lowest BCUT2D eigenvalue weighted by molar-refractivity contribution is 0.289. The quantitative estimate of drug-likeness (QED) is 0.0286. The molecule has 0 aromatic heterocycles. The highest BCUT2D eigenvalue weighted by Gasteiger charge is 2.05. The molecule has 0 aliphatic rings. The summed E-state index contributed by atoms with van der Waals surface area (Å²) in [6, 6.07) is 15.1. The molecule has 0 spiro atoms. The number of benzene rings is 2. The zero-order chi connectivity index (χ0) is 43.5. The molecule has 348 valence electrons. The van der Waals surface area contributed by atoms with E-state index in [9.17, 15) is 0 Å².